The number of aryl methyl sites for hydroxylation is 1. The Hall–Kier alpha value is -1.57. The zero-order valence-corrected chi connectivity index (χ0v) is 9.53. The van der Waals surface area contributed by atoms with Gasteiger partial charge in [-0.3, -0.25) is 4.79 Å². The standard InChI is InChI=1S/C14H16O2/c1-3-14(16-11(2)15)10-6-8-12-7-4-5-9-13(12)14/h3-5,7,9H,1,6,8,10H2,2H3. The van der Waals surface area contributed by atoms with Crippen molar-refractivity contribution in [1.29, 1.82) is 0 Å². The summed E-state index contributed by atoms with van der Waals surface area (Å²) in [7, 11) is 0. The molecule has 0 fully saturated rings. The summed E-state index contributed by atoms with van der Waals surface area (Å²) in [6, 6.07) is 8.12. The van der Waals surface area contributed by atoms with Crippen LogP contribution in [0, 0.1) is 0 Å². The van der Waals surface area contributed by atoms with Gasteiger partial charge in [-0.1, -0.05) is 30.8 Å². The zero-order valence-electron chi connectivity index (χ0n) is 9.53. The Labute approximate surface area is 95.9 Å². The molecular formula is C14H16O2. The first-order valence-electron chi connectivity index (χ1n) is 5.59. The molecule has 0 bridgehead atoms. The predicted octanol–water partition coefficient (Wildman–Crippen LogP) is 2.97. The van der Waals surface area contributed by atoms with Crippen LogP contribution in [-0.2, 0) is 21.6 Å². The normalized spacial score (nSPS) is 23.3. The van der Waals surface area contributed by atoms with Crippen molar-refractivity contribution in [3.63, 3.8) is 0 Å². The van der Waals surface area contributed by atoms with Gasteiger partial charge < -0.3 is 4.74 Å². The van der Waals surface area contributed by atoms with Crippen LogP contribution in [0.2, 0.25) is 0 Å². The summed E-state index contributed by atoms with van der Waals surface area (Å²) in [5, 5.41) is 0. The quantitative estimate of drug-likeness (QED) is 0.561. The molecule has 1 aliphatic carbocycles. The molecular weight excluding hydrogens is 200 g/mol. The van der Waals surface area contributed by atoms with Gasteiger partial charge in [0.15, 0.2) is 5.60 Å². The minimum Gasteiger partial charge on any atom is -0.450 e. The summed E-state index contributed by atoms with van der Waals surface area (Å²) in [6.07, 6.45) is 4.66. The maximum absolute atomic E-state index is 11.2. The van der Waals surface area contributed by atoms with Gasteiger partial charge >= 0.3 is 5.97 Å². The SMILES string of the molecule is C=CC1(OC(C)=O)CCCc2ccccc21. The minimum absolute atomic E-state index is 0.253. The first kappa shape index (κ1) is 10.9. The molecule has 84 valence electrons. The minimum atomic E-state index is -0.610. The van der Waals surface area contributed by atoms with Crippen LogP contribution in [0.1, 0.15) is 30.9 Å². The monoisotopic (exact) mass is 216 g/mol. The lowest BCUT2D eigenvalue weighted by atomic mass is 9.79. The molecule has 0 amide bonds. The summed E-state index contributed by atoms with van der Waals surface area (Å²) < 4.78 is 5.50. The molecule has 0 heterocycles. The molecule has 1 aromatic rings. The molecule has 0 aromatic heterocycles. The van der Waals surface area contributed by atoms with E-state index in [9.17, 15) is 4.79 Å². The molecule has 1 aromatic carbocycles. The van der Waals surface area contributed by atoms with E-state index < -0.39 is 5.60 Å². The van der Waals surface area contributed by atoms with Gasteiger partial charge in [-0.15, -0.1) is 0 Å². The Balaban J connectivity index is 2.48. The fraction of sp³-hybridized carbons (Fsp3) is 0.357. The largest absolute Gasteiger partial charge is 0.450 e. The molecule has 2 nitrogen and oxygen atoms in total. The number of rotatable bonds is 2. The second-order valence-corrected chi connectivity index (χ2v) is 4.20. The number of carbonyl (C=O) groups excluding carboxylic acids is 1. The van der Waals surface area contributed by atoms with Crippen molar-refractivity contribution in [3.8, 4) is 0 Å². The fourth-order valence-electron chi connectivity index (χ4n) is 2.44. The molecule has 0 radical (unpaired) electrons. The number of hydrogen-bond donors (Lipinski definition) is 0. The maximum Gasteiger partial charge on any atom is 0.303 e. The van der Waals surface area contributed by atoms with Gasteiger partial charge in [-0.25, -0.2) is 0 Å². The van der Waals surface area contributed by atoms with Crippen molar-refractivity contribution in [3.05, 3.63) is 48.0 Å². The Kier molecular flexibility index (Phi) is 2.82. The van der Waals surface area contributed by atoms with Gasteiger partial charge in [0.25, 0.3) is 0 Å². The Morgan fingerprint density at radius 2 is 2.25 bits per heavy atom. The third-order valence-corrected chi connectivity index (χ3v) is 3.12. The van der Waals surface area contributed by atoms with E-state index in [1.54, 1.807) is 6.08 Å². The molecule has 1 aliphatic rings. The van der Waals surface area contributed by atoms with Crippen molar-refractivity contribution < 1.29 is 9.53 Å². The van der Waals surface area contributed by atoms with Gasteiger partial charge in [0, 0.05) is 12.5 Å². The number of fused-ring (bicyclic) bond motifs is 1. The van der Waals surface area contributed by atoms with Crippen LogP contribution in [-0.4, -0.2) is 5.97 Å². The number of benzene rings is 1. The van der Waals surface area contributed by atoms with Crippen LogP contribution in [0.25, 0.3) is 0 Å². The van der Waals surface area contributed by atoms with E-state index in [1.807, 2.05) is 18.2 Å². The first-order valence-corrected chi connectivity index (χ1v) is 5.59. The highest BCUT2D eigenvalue weighted by molar-refractivity contribution is 5.67. The second kappa shape index (κ2) is 4.12. The molecule has 1 atom stereocenters. The van der Waals surface area contributed by atoms with Gasteiger partial charge in [0.2, 0.25) is 0 Å². The molecule has 1 unspecified atom stereocenters. The molecule has 2 heteroatoms. The third-order valence-electron chi connectivity index (χ3n) is 3.12. The first-order chi connectivity index (χ1) is 7.68. The van der Waals surface area contributed by atoms with E-state index >= 15 is 0 Å². The van der Waals surface area contributed by atoms with E-state index in [0.717, 1.165) is 24.8 Å². The number of esters is 1. The summed E-state index contributed by atoms with van der Waals surface area (Å²) in [5.74, 6) is -0.253. The lowest BCUT2D eigenvalue weighted by molar-refractivity contribution is -0.154. The molecule has 2 rings (SSSR count). The Morgan fingerprint density at radius 3 is 2.94 bits per heavy atom. The summed E-state index contributed by atoms with van der Waals surface area (Å²) in [6.45, 7) is 5.28. The Bertz CT molecular complexity index is 422. The van der Waals surface area contributed by atoms with E-state index in [2.05, 4.69) is 12.6 Å². The van der Waals surface area contributed by atoms with E-state index in [-0.39, 0.29) is 5.97 Å². The van der Waals surface area contributed by atoms with Gasteiger partial charge in [0.1, 0.15) is 0 Å². The summed E-state index contributed by atoms with van der Waals surface area (Å²) in [5.41, 5.74) is 1.74. The molecule has 0 saturated carbocycles. The highest BCUT2D eigenvalue weighted by Gasteiger charge is 2.36. The molecule has 0 N–H and O–H groups in total. The van der Waals surface area contributed by atoms with Crippen LogP contribution in [0.3, 0.4) is 0 Å². The average Bonchev–Trinajstić information content (AvgIpc) is 2.29. The summed E-state index contributed by atoms with van der Waals surface area (Å²) in [4.78, 5) is 11.2. The van der Waals surface area contributed by atoms with Crippen LogP contribution in [0.5, 0.6) is 0 Å². The topological polar surface area (TPSA) is 26.3 Å². The van der Waals surface area contributed by atoms with E-state index in [1.165, 1.54) is 12.5 Å². The predicted molar refractivity (Wildman–Crippen MR) is 63.0 cm³/mol. The van der Waals surface area contributed by atoms with E-state index in [4.69, 9.17) is 4.74 Å². The Morgan fingerprint density at radius 1 is 1.50 bits per heavy atom. The van der Waals surface area contributed by atoms with E-state index in [0.29, 0.717) is 0 Å². The van der Waals surface area contributed by atoms with Crippen LogP contribution < -0.4 is 0 Å². The van der Waals surface area contributed by atoms with Crippen molar-refractivity contribution in [1.82, 2.24) is 0 Å². The highest BCUT2D eigenvalue weighted by atomic mass is 16.6. The van der Waals surface area contributed by atoms with Crippen molar-refractivity contribution in [2.24, 2.45) is 0 Å². The maximum atomic E-state index is 11.2. The van der Waals surface area contributed by atoms with Crippen LogP contribution in [0.4, 0.5) is 0 Å². The second-order valence-electron chi connectivity index (χ2n) is 4.20. The number of ether oxygens (including phenoxy) is 1. The van der Waals surface area contributed by atoms with Crippen LogP contribution >= 0.6 is 0 Å². The number of carbonyl (C=O) groups is 1. The molecule has 0 spiro atoms. The van der Waals surface area contributed by atoms with Gasteiger partial charge in [-0.2, -0.15) is 0 Å². The van der Waals surface area contributed by atoms with Crippen molar-refractivity contribution in [2.45, 2.75) is 31.8 Å². The van der Waals surface area contributed by atoms with Gasteiger partial charge in [0.05, 0.1) is 0 Å². The van der Waals surface area contributed by atoms with Crippen molar-refractivity contribution >= 4 is 5.97 Å². The van der Waals surface area contributed by atoms with Gasteiger partial charge in [-0.05, 0) is 30.9 Å². The van der Waals surface area contributed by atoms with Crippen LogP contribution in [0.15, 0.2) is 36.9 Å². The smallest absolute Gasteiger partial charge is 0.303 e. The third kappa shape index (κ3) is 1.75. The zero-order chi connectivity index (χ0) is 11.6. The summed E-state index contributed by atoms with van der Waals surface area (Å²) >= 11 is 0. The lowest BCUT2D eigenvalue weighted by Crippen LogP contribution is -2.33. The molecule has 0 aliphatic heterocycles. The molecule has 0 saturated heterocycles. The highest BCUT2D eigenvalue weighted by Crippen LogP contribution is 2.39. The molecule has 16 heavy (non-hydrogen) atoms. The fourth-order valence-corrected chi connectivity index (χ4v) is 2.44. The number of hydrogen-bond acceptors (Lipinski definition) is 2. The van der Waals surface area contributed by atoms with Crippen molar-refractivity contribution in [2.75, 3.05) is 0 Å². The average molecular weight is 216 g/mol. The lowest BCUT2D eigenvalue weighted by Gasteiger charge is -2.35.